The summed E-state index contributed by atoms with van der Waals surface area (Å²) in [6.45, 7) is 6.16. The third-order valence-electron chi connectivity index (χ3n) is 1.62. The molecule has 84 valence electrons. The highest BCUT2D eigenvalue weighted by Gasteiger charge is 2.16. The quantitative estimate of drug-likeness (QED) is 0.759. The molecule has 0 saturated heterocycles. The summed E-state index contributed by atoms with van der Waals surface area (Å²) in [5.41, 5.74) is -0.207. The van der Waals surface area contributed by atoms with E-state index in [1.807, 2.05) is 20.8 Å². The highest BCUT2D eigenvalue weighted by Crippen LogP contribution is 2.08. The van der Waals surface area contributed by atoms with Crippen LogP contribution in [0.3, 0.4) is 0 Å². The van der Waals surface area contributed by atoms with E-state index in [1.165, 1.54) is 4.80 Å². The van der Waals surface area contributed by atoms with Crippen LogP contribution >= 0.6 is 11.6 Å². The highest BCUT2D eigenvalue weighted by atomic mass is 35.5. The van der Waals surface area contributed by atoms with Crippen molar-refractivity contribution in [2.75, 3.05) is 5.88 Å². The topological polar surface area (TPSA) is 72.7 Å². The van der Waals surface area contributed by atoms with Crippen LogP contribution in [0.2, 0.25) is 0 Å². The van der Waals surface area contributed by atoms with Crippen LogP contribution in [0, 0.1) is 0 Å². The molecule has 0 fully saturated rings. The van der Waals surface area contributed by atoms with Crippen molar-refractivity contribution in [1.29, 1.82) is 0 Å². The molecular weight excluding hydrogens is 218 g/mol. The molecule has 7 heteroatoms. The number of rotatable bonds is 3. The number of halogens is 1. The van der Waals surface area contributed by atoms with Gasteiger partial charge in [0, 0.05) is 0 Å². The smallest absolute Gasteiger partial charge is 0.235 e. The van der Waals surface area contributed by atoms with Gasteiger partial charge in [-0.3, -0.25) is 4.79 Å². The summed E-state index contributed by atoms with van der Waals surface area (Å²) < 4.78 is 0. The number of hydrogen-bond donors (Lipinski definition) is 1. The molecule has 0 aliphatic carbocycles. The van der Waals surface area contributed by atoms with Crippen LogP contribution in [0.1, 0.15) is 26.6 Å². The van der Waals surface area contributed by atoms with E-state index in [9.17, 15) is 4.79 Å². The van der Waals surface area contributed by atoms with Crippen molar-refractivity contribution in [3.63, 3.8) is 0 Å². The Bertz CT molecular complexity index is 343. The van der Waals surface area contributed by atoms with E-state index in [0.29, 0.717) is 5.82 Å². The van der Waals surface area contributed by atoms with E-state index >= 15 is 0 Å². The van der Waals surface area contributed by atoms with Gasteiger partial charge < -0.3 is 5.32 Å². The summed E-state index contributed by atoms with van der Waals surface area (Å²) in [7, 11) is 0. The predicted octanol–water partition coefficient (Wildman–Crippen LogP) is 0.283. The summed E-state index contributed by atoms with van der Waals surface area (Å²) in [6.07, 6.45) is 0. The van der Waals surface area contributed by atoms with Gasteiger partial charge in [-0.15, -0.1) is 21.8 Å². The molecule has 0 bridgehead atoms. The molecule has 6 nitrogen and oxygen atoms in total. The van der Waals surface area contributed by atoms with Crippen LogP contribution in [0.15, 0.2) is 0 Å². The van der Waals surface area contributed by atoms with Crippen molar-refractivity contribution < 1.29 is 4.79 Å². The van der Waals surface area contributed by atoms with Crippen molar-refractivity contribution in [1.82, 2.24) is 25.5 Å². The normalized spacial score (nSPS) is 11.5. The van der Waals surface area contributed by atoms with Gasteiger partial charge in [0.05, 0.1) is 12.1 Å². The molecule has 0 unspecified atom stereocenters. The van der Waals surface area contributed by atoms with Gasteiger partial charge >= 0.3 is 0 Å². The first-order chi connectivity index (χ1) is 6.93. The molecule has 0 aliphatic heterocycles. The lowest BCUT2D eigenvalue weighted by Crippen LogP contribution is -2.26. The molecule has 15 heavy (non-hydrogen) atoms. The molecule has 1 rings (SSSR count). The average molecular weight is 232 g/mol. The highest BCUT2D eigenvalue weighted by molar-refractivity contribution is 6.27. The first-order valence-electron chi connectivity index (χ1n) is 4.55. The second-order valence-corrected chi connectivity index (χ2v) is 4.34. The Balaban J connectivity index is 2.58. The van der Waals surface area contributed by atoms with Crippen LogP contribution in [-0.2, 0) is 16.9 Å². The Morgan fingerprint density at radius 1 is 1.53 bits per heavy atom. The van der Waals surface area contributed by atoms with Gasteiger partial charge in [0.1, 0.15) is 5.88 Å². The Kier molecular flexibility index (Phi) is 3.62. The maximum absolute atomic E-state index is 10.9. The number of carbonyl (C=O) groups excluding carboxylic acids is 1. The minimum absolute atomic E-state index is 0.0621. The lowest BCUT2D eigenvalue weighted by atomic mass is 10.1. The predicted molar refractivity (Wildman–Crippen MR) is 55.4 cm³/mol. The number of tetrazole rings is 1. The second-order valence-electron chi connectivity index (χ2n) is 4.08. The van der Waals surface area contributed by atoms with Gasteiger partial charge in [0.15, 0.2) is 5.82 Å². The van der Waals surface area contributed by atoms with Crippen LogP contribution in [0.25, 0.3) is 0 Å². The van der Waals surface area contributed by atoms with Gasteiger partial charge in [0.2, 0.25) is 5.91 Å². The zero-order valence-corrected chi connectivity index (χ0v) is 9.75. The van der Waals surface area contributed by atoms with Crippen molar-refractivity contribution in [3.05, 3.63) is 5.82 Å². The summed E-state index contributed by atoms with van der Waals surface area (Å²) in [5.74, 6) is 0.167. The second kappa shape index (κ2) is 4.57. The molecule has 0 atom stereocenters. The fourth-order valence-electron chi connectivity index (χ4n) is 0.823. The van der Waals surface area contributed by atoms with Crippen molar-refractivity contribution in [3.8, 4) is 0 Å². The average Bonchev–Trinajstić information content (AvgIpc) is 2.61. The van der Waals surface area contributed by atoms with Crippen molar-refractivity contribution in [2.45, 2.75) is 32.9 Å². The molecule has 1 aromatic rings. The molecule has 0 aromatic carbocycles. The molecular formula is C8H14ClN5O. The number of nitrogens with one attached hydrogen (secondary N) is 1. The molecule has 0 saturated carbocycles. The van der Waals surface area contributed by atoms with Crippen molar-refractivity contribution in [2.24, 2.45) is 0 Å². The fourth-order valence-corrected chi connectivity index (χ4v) is 0.918. The summed E-state index contributed by atoms with van der Waals surface area (Å²) >= 11 is 5.32. The Hall–Kier alpha value is -1.17. The van der Waals surface area contributed by atoms with E-state index in [4.69, 9.17) is 11.6 Å². The minimum Gasteiger partial charge on any atom is -0.348 e. The molecule has 1 heterocycles. The van der Waals surface area contributed by atoms with E-state index < -0.39 is 0 Å². The number of nitrogens with zero attached hydrogens (tertiary/aromatic N) is 4. The maximum atomic E-state index is 10.9. The first kappa shape index (κ1) is 11.9. The number of hydrogen-bond acceptors (Lipinski definition) is 4. The zero-order valence-electron chi connectivity index (χ0n) is 8.99. The van der Waals surface area contributed by atoms with E-state index in [1.54, 1.807) is 0 Å². The van der Waals surface area contributed by atoms with E-state index in [2.05, 4.69) is 20.7 Å². The third-order valence-corrected chi connectivity index (χ3v) is 1.86. The molecule has 1 N–H and O–H groups in total. The molecule has 0 radical (unpaired) electrons. The molecule has 0 aliphatic rings. The van der Waals surface area contributed by atoms with Crippen LogP contribution in [0.4, 0.5) is 0 Å². The Morgan fingerprint density at radius 2 is 2.20 bits per heavy atom. The SMILES string of the molecule is CC(C)(C)n1nnc(CNC(=O)CCl)n1. The van der Waals surface area contributed by atoms with Gasteiger partial charge in [-0.1, -0.05) is 0 Å². The van der Waals surface area contributed by atoms with Gasteiger partial charge in [-0.25, -0.2) is 0 Å². The first-order valence-corrected chi connectivity index (χ1v) is 5.09. The number of carbonyl (C=O) groups is 1. The Morgan fingerprint density at radius 3 is 2.67 bits per heavy atom. The van der Waals surface area contributed by atoms with E-state index in [0.717, 1.165) is 0 Å². The van der Waals surface area contributed by atoms with Crippen LogP contribution < -0.4 is 5.32 Å². The van der Waals surface area contributed by atoms with Gasteiger partial charge in [-0.2, -0.15) is 4.80 Å². The summed E-state index contributed by atoms with van der Waals surface area (Å²) in [4.78, 5) is 12.4. The van der Waals surface area contributed by atoms with Gasteiger partial charge in [0.25, 0.3) is 0 Å². The molecule has 1 amide bonds. The van der Waals surface area contributed by atoms with Gasteiger partial charge in [-0.05, 0) is 26.0 Å². The van der Waals surface area contributed by atoms with E-state index in [-0.39, 0.29) is 23.9 Å². The standard InChI is InChI=1S/C8H14ClN5O/c1-8(2,3)14-12-6(11-13-14)5-10-7(15)4-9/h4-5H2,1-3H3,(H,10,15). The molecule has 1 aromatic heterocycles. The lowest BCUT2D eigenvalue weighted by molar-refractivity contribution is -0.118. The number of alkyl halides is 1. The Labute approximate surface area is 93.0 Å². The van der Waals surface area contributed by atoms with Crippen LogP contribution in [-0.4, -0.2) is 32.0 Å². The van der Waals surface area contributed by atoms with Crippen molar-refractivity contribution >= 4 is 17.5 Å². The minimum atomic E-state index is -0.247. The monoisotopic (exact) mass is 231 g/mol. The molecule has 0 spiro atoms. The third kappa shape index (κ3) is 3.47. The number of amides is 1. The largest absolute Gasteiger partial charge is 0.348 e. The lowest BCUT2D eigenvalue weighted by Gasteiger charge is -2.15. The summed E-state index contributed by atoms with van der Waals surface area (Å²) in [6, 6.07) is 0. The maximum Gasteiger partial charge on any atom is 0.235 e. The summed E-state index contributed by atoms with van der Waals surface area (Å²) in [5, 5.41) is 14.4. The number of aromatic nitrogens is 4. The van der Waals surface area contributed by atoms with Crippen LogP contribution in [0.5, 0.6) is 0 Å². The fraction of sp³-hybridized carbons (Fsp3) is 0.750. The zero-order chi connectivity index (χ0) is 11.5.